The fourth-order valence-corrected chi connectivity index (χ4v) is 3.97. The number of amides is 3. The van der Waals surface area contributed by atoms with Crippen molar-refractivity contribution in [1.29, 1.82) is 0 Å². The van der Waals surface area contributed by atoms with E-state index in [1.54, 1.807) is 20.0 Å². The summed E-state index contributed by atoms with van der Waals surface area (Å²) in [6.45, 7) is 2.44. The number of hydrogen-bond donors (Lipinski definition) is 8. The van der Waals surface area contributed by atoms with Crippen LogP contribution in [0.3, 0.4) is 0 Å². The van der Waals surface area contributed by atoms with Crippen LogP contribution in [0.4, 0.5) is 0 Å². The molecule has 2 heterocycles. The molecule has 0 fully saturated rings. The van der Waals surface area contributed by atoms with E-state index in [-0.39, 0.29) is 12.8 Å². The maximum absolute atomic E-state index is 13.1. The van der Waals surface area contributed by atoms with Crippen LogP contribution < -0.4 is 21.7 Å². The van der Waals surface area contributed by atoms with Crippen LogP contribution in [0.15, 0.2) is 43.0 Å². The van der Waals surface area contributed by atoms with Gasteiger partial charge in [-0.3, -0.25) is 14.4 Å². The van der Waals surface area contributed by atoms with Crippen LogP contribution in [0.5, 0.6) is 0 Å². The Balaban J connectivity index is 1.70. The van der Waals surface area contributed by atoms with Gasteiger partial charge in [0.25, 0.3) is 0 Å². The van der Waals surface area contributed by atoms with Gasteiger partial charge in [0.05, 0.1) is 19.0 Å². The molecule has 3 amide bonds. The van der Waals surface area contributed by atoms with E-state index in [2.05, 4.69) is 30.9 Å². The minimum atomic E-state index is -1.44. The second-order valence-corrected chi connectivity index (χ2v) is 9.32. The highest BCUT2D eigenvalue weighted by molar-refractivity contribution is 5.94. The van der Waals surface area contributed by atoms with Gasteiger partial charge >= 0.3 is 5.97 Å². The van der Waals surface area contributed by atoms with Gasteiger partial charge in [-0.2, -0.15) is 0 Å². The zero-order chi connectivity index (χ0) is 27.8. The van der Waals surface area contributed by atoms with Crippen LogP contribution in [0, 0.1) is 5.92 Å². The number of carboxylic acids is 1. The first kappa shape index (κ1) is 28.3. The second kappa shape index (κ2) is 12.8. The molecule has 0 aliphatic rings. The van der Waals surface area contributed by atoms with Gasteiger partial charge < -0.3 is 41.9 Å². The third kappa shape index (κ3) is 7.17. The third-order valence-electron chi connectivity index (χ3n) is 6.11. The highest BCUT2D eigenvalue weighted by atomic mass is 16.4. The highest BCUT2D eigenvalue weighted by Gasteiger charge is 2.31. The second-order valence-electron chi connectivity index (χ2n) is 9.32. The van der Waals surface area contributed by atoms with Gasteiger partial charge in [0.2, 0.25) is 17.7 Å². The van der Waals surface area contributed by atoms with Crippen LogP contribution in [0.1, 0.15) is 25.1 Å². The van der Waals surface area contributed by atoms with Gasteiger partial charge in [-0.15, -0.1) is 0 Å². The van der Waals surface area contributed by atoms with E-state index < -0.39 is 60.4 Å². The molecule has 13 nitrogen and oxygen atoms in total. The number of nitrogens with one attached hydrogen (secondary N) is 5. The number of rotatable bonds is 13. The summed E-state index contributed by atoms with van der Waals surface area (Å²) in [5.41, 5.74) is 8.45. The minimum absolute atomic E-state index is 0.000884. The number of fused-ring (bicyclic) bond motifs is 1. The predicted molar refractivity (Wildman–Crippen MR) is 138 cm³/mol. The van der Waals surface area contributed by atoms with E-state index in [0.29, 0.717) is 5.69 Å². The number of carbonyl (C=O) groups excluding carboxylic acids is 3. The molecule has 13 heteroatoms. The number of carboxylic acid groups (broad SMARTS) is 1. The van der Waals surface area contributed by atoms with Crippen LogP contribution in [0.25, 0.3) is 10.9 Å². The number of nitrogens with two attached hydrogens (primary N) is 1. The Hall–Kier alpha value is -4.23. The molecule has 2 aromatic heterocycles. The Kier molecular flexibility index (Phi) is 9.57. The Labute approximate surface area is 218 Å². The van der Waals surface area contributed by atoms with Crippen molar-refractivity contribution in [2.24, 2.45) is 11.7 Å². The molecule has 0 saturated carbocycles. The number of benzene rings is 1. The van der Waals surface area contributed by atoms with Gasteiger partial charge in [-0.25, -0.2) is 9.78 Å². The van der Waals surface area contributed by atoms with Gasteiger partial charge in [0.1, 0.15) is 18.1 Å². The first-order valence-corrected chi connectivity index (χ1v) is 12.1. The zero-order valence-corrected chi connectivity index (χ0v) is 21.1. The number of nitrogens with zero attached hydrogens (tertiary/aromatic N) is 1. The average Bonchev–Trinajstić information content (AvgIpc) is 3.54. The van der Waals surface area contributed by atoms with E-state index in [1.165, 1.54) is 12.5 Å². The van der Waals surface area contributed by atoms with E-state index in [1.807, 2.05) is 24.3 Å². The van der Waals surface area contributed by atoms with Gasteiger partial charge in [-0.05, 0) is 24.0 Å². The number of aliphatic carboxylic acids is 1. The Morgan fingerprint density at radius 3 is 2.29 bits per heavy atom. The van der Waals surface area contributed by atoms with Gasteiger partial charge in [0.15, 0.2) is 0 Å². The number of H-pyrrole nitrogens is 2. The lowest BCUT2D eigenvalue weighted by molar-refractivity contribution is -0.143. The molecule has 3 aromatic rings. The summed E-state index contributed by atoms with van der Waals surface area (Å²) in [5, 5.41) is 27.3. The molecule has 0 aliphatic carbocycles. The number of carbonyl (C=O) groups is 4. The van der Waals surface area contributed by atoms with E-state index in [9.17, 15) is 29.4 Å². The van der Waals surface area contributed by atoms with Crippen molar-refractivity contribution in [3.05, 3.63) is 54.2 Å². The molecule has 3 rings (SSSR count). The molecular formula is C25H33N7O6. The minimum Gasteiger partial charge on any atom is -0.480 e. The van der Waals surface area contributed by atoms with Gasteiger partial charge in [-0.1, -0.05) is 32.0 Å². The van der Waals surface area contributed by atoms with Crippen molar-refractivity contribution in [3.8, 4) is 0 Å². The Bertz CT molecular complexity index is 1260. The molecule has 0 aliphatic heterocycles. The lowest BCUT2D eigenvalue weighted by atomic mass is 10.0. The molecule has 4 unspecified atom stereocenters. The van der Waals surface area contributed by atoms with Crippen molar-refractivity contribution in [2.75, 3.05) is 6.61 Å². The maximum Gasteiger partial charge on any atom is 0.326 e. The lowest BCUT2D eigenvalue weighted by Crippen LogP contribution is -2.59. The monoisotopic (exact) mass is 527 g/mol. The Morgan fingerprint density at radius 2 is 1.66 bits per heavy atom. The summed E-state index contributed by atoms with van der Waals surface area (Å²) in [6.07, 6.45) is 4.88. The number of aliphatic hydroxyl groups excluding tert-OH is 1. The fraction of sp³-hybridized carbons (Fsp3) is 0.400. The van der Waals surface area contributed by atoms with Crippen molar-refractivity contribution in [3.63, 3.8) is 0 Å². The zero-order valence-electron chi connectivity index (χ0n) is 21.1. The molecule has 0 radical (unpaired) electrons. The van der Waals surface area contributed by atoms with Crippen LogP contribution in [-0.4, -0.2) is 79.6 Å². The first-order valence-electron chi connectivity index (χ1n) is 12.1. The molecule has 4 atom stereocenters. The summed E-state index contributed by atoms with van der Waals surface area (Å²) in [6, 6.07) is 2.78. The normalized spacial score (nSPS) is 14.4. The summed E-state index contributed by atoms with van der Waals surface area (Å²) in [7, 11) is 0. The molecule has 38 heavy (non-hydrogen) atoms. The van der Waals surface area contributed by atoms with Crippen molar-refractivity contribution >= 4 is 34.6 Å². The van der Waals surface area contributed by atoms with E-state index >= 15 is 0 Å². The summed E-state index contributed by atoms with van der Waals surface area (Å²) in [4.78, 5) is 60.0. The number of imidazole rings is 1. The summed E-state index contributed by atoms with van der Waals surface area (Å²) in [5.74, 6) is -3.91. The largest absolute Gasteiger partial charge is 0.480 e. The van der Waals surface area contributed by atoms with E-state index in [0.717, 1.165) is 16.5 Å². The molecule has 0 bridgehead atoms. The van der Waals surface area contributed by atoms with E-state index in [4.69, 9.17) is 5.73 Å². The summed E-state index contributed by atoms with van der Waals surface area (Å²) >= 11 is 0. The molecule has 9 N–H and O–H groups in total. The summed E-state index contributed by atoms with van der Waals surface area (Å²) < 4.78 is 0. The molecule has 0 saturated heterocycles. The molecule has 1 aromatic carbocycles. The Morgan fingerprint density at radius 1 is 0.974 bits per heavy atom. The fourth-order valence-electron chi connectivity index (χ4n) is 3.97. The predicted octanol–water partition coefficient (Wildman–Crippen LogP) is -0.809. The van der Waals surface area contributed by atoms with Crippen molar-refractivity contribution < 1.29 is 29.4 Å². The van der Waals surface area contributed by atoms with Crippen molar-refractivity contribution in [1.82, 2.24) is 30.9 Å². The number of aromatic amines is 2. The smallest absolute Gasteiger partial charge is 0.326 e. The third-order valence-corrected chi connectivity index (χ3v) is 6.11. The molecular weight excluding hydrogens is 494 g/mol. The van der Waals surface area contributed by atoms with Crippen LogP contribution in [0.2, 0.25) is 0 Å². The number of para-hydroxylation sites is 1. The van der Waals surface area contributed by atoms with Gasteiger partial charge in [0, 0.05) is 35.4 Å². The highest BCUT2D eigenvalue weighted by Crippen LogP contribution is 2.18. The van der Waals surface area contributed by atoms with Crippen LogP contribution in [-0.2, 0) is 32.0 Å². The van der Waals surface area contributed by atoms with Crippen molar-refractivity contribution in [2.45, 2.75) is 50.9 Å². The number of hydrogen-bond acceptors (Lipinski definition) is 7. The molecule has 204 valence electrons. The van der Waals surface area contributed by atoms with Crippen LogP contribution >= 0.6 is 0 Å². The SMILES string of the molecule is CC(C)C(NC(=O)C(CO)NC(=O)C(Cc1cnc[nH]1)NC(=O)C(N)Cc1c[nH]c2ccccc12)C(=O)O. The number of aliphatic hydroxyl groups is 1. The topological polar surface area (TPSA) is 215 Å². The standard InChI is InChI=1S/C25H33N7O6/c1-13(2)21(25(37)38)32-24(36)20(11-33)31-23(35)19(8-15-10-27-12-29-15)30-22(34)17(26)7-14-9-28-18-6-4-3-5-16(14)18/h3-6,9-10,12-13,17,19-21,28,33H,7-8,11,26H2,1-2H3,(H,27,29)(H,30,34)(H,31,35)(H,32,36)(H,37,38). The number of aromatic nitrogens is 3. The maximum atomic E-state index is 13.1. The average molecular weight is 528 g/mol. The lowest BCUT2D eigenvalue weighted by Gasteiger charge is -2.25. The first-order chi connectivity index (χ1) is 18.1. The quantitative estimate of drug-likeness (QED) is 0.140. The molecule has 0 spiro atoms.